The molecule has 0 spiro atoms. The molecule has 0 aliphatic heterocycles. The Balaban J connectivity index is 2.72. The third-order valence-corrected chi connectivity index (χ3v) is 2.94. The molecule has 1 atom stereocenters. The van der Waals surface area contributed by atoms with Gasteiger partial charge in [0.05, 0.1) is 12.5 Å². The van der Waals surface area contributed by atoms with E-state index >= 15 is 0 Å². The lowest BCUT2D eigenvalue weighted by molar-refractivity contribution is -0.124. The van der Waals surface area contributed by atoms with Crippen LogP contribution in [0.5, 0.6) is 5.75 Å². The van der Waals surface area contributed by atoms with Crippen LogP contribution in [0.2, 0.25) is 0 Å². The van der Waals surface area contributed by atoms with Crippen LogP contribution in [0.15, 0.2) is 24.3 Å². The Morgan fingerprint density at radius 3 is 2.74 bits per heavy atom. The summed E-state index contributed by atoms with van der Waals surface area (Å²) in [5.41, 5.74) is 6.75. The molecule has 0 saturated carbocycles. The number of para-hydroxylation sites is 1. The zero-order valence-electron chi connectivity index (χ0n) is 11.8. The van der Waals surface area contributed by atoms with Gasteiger partial charge in [0.2, 0.25) is 5.91 Å². The first-order valence-electron chi connectivity index (χ1n) is 6.91. The smallest absolute Gasteiger partial charge is 0.224 e. The van der Waals surface area contributed by atoms with Crippen molar-refractivity contribution in [2.24, 2.45) is 11.7 Å². The first-order valence-corrected chi connectivity index (χ1v) is 6.91. The number of carbonyl (C=O) groups excluding carboxylic acids is 1. The van der Waals surface area contributed by atoms with E-state index in [9.17, 15) is 4.79 Å². The third kappa shape index (κ3) is 4.91. The highest BCUT2D eigenvalue weighted by Crippen LogP contribution is 2.21. The van der Waals surface area contributed by atoms with Crippen molar-refractivity contribution in [2.75, 3.05) is 19.7 Å². The van der Waals surface area contributed by atoms with E-state index in [0.29, 0.717) is 26.1 Å². The van der Waals surface area contributed by atoms with Crippen LogP contribution in [0.4, 0.5) is 0 Å². The minimum Gasteiger partial charge on any atom is -0.494 e. The summed E-state index contributed by atoms with van der Waals surface area (Å²) in [5, 5.41) is 2.90. The van der Waals surface area contributed by atoms with Gasteiger partial charge in [-0.25, -0.2) is 0 Å². The molecule has 1 amide bonds. The molecule has 3 N–H and O–H groups in total. The summed E-state index contributed by atoms with van der Waals surface area (Å²) in [4.78, 5) is 12.0. The Hall–Kier alpha value is -1.55. The molecule has 0 radical (unpaired) electrons. The minimum atomic E-state index is -0.201. The molecule has 19 heavy (non-hydrogen) atoms. The van der Waals surface area contributed by atoms with Crippen LogP contribution >= 0.6 is 0 Å². The van der Waals surface area contributed by atoms with Crippen LogP contribution in [0.3, 0.4) is 0 Å². The molecule has 1 aromatic rings. The van der Waals surface area contributed by atoms with Gasteiger partial charge in [-0.2, -0.15) is 0 Å². The Labute approximate surface area is 115 Å². The molecular weight excluding hydrogens is 240 g/mol. The fraction of sp³-hybridized carbons (Fsp3) is 0.533. The summed E-state index contributed by atoms with van der Waals surface area (Å²) >= 11 is 0. The van der Waals surface area contributed by atoms with Gasteiger partial charge < -0.3 is 15.8 Å². The van der Waals surface area contributed by atoms with Crippen molar-refractivity contribution in [1.82, 2.24) is 5.32 Å². The minimum absolute atomic E-state index is 0.0238. The maximum Gasteiger partial charge on any atom is 0.224 e. The predicted octanol–water partition coefficient (Wildman–Crippen LogP) is 1.73. The Morgan fingerprint density at radius 2 is 2.11 bits per heavy atom. The molecule has 4 nitrogen and oxygen atoms in total. The fourth-order valence-corrected chi connectivity index (χ4v) is 1.91. The zero-order chi connectivity index (χ0) is 14.1. The highest BCUT2D eigenvalue weighted by atomic mass is 16.5. The van der Waals surface area contributed by atoms with E-state index in [1.54, 1.807) is 0 Å². The summed E-state index contributed by atoms with van der Waals surface area (Å²) < 4.78 is 5.57. The van der Waals surface area contributed by atoms with Gasteiger partial charge in [-0.15, -0.1) is 0 Å². The number of ether oxygens (including phenoxy) is 1. The lowest BCUT2D eigenvalue weighted by Crippen LogP contribution is -2.36. The first-order chi connectivity index (χ1) is 9.22. The quantitative estimate of drug-likeness (QED) is 0.751. The van der Waals surface area contributed by atoms with Crippen LogP contribution in [0, 0.1) is 5.92 Å². The van der Waals surface area contributed by atoms with E-state index in [2.05, 4.69) is 5.32 Å². The Kier molecular flexibility index (Phi) is 6.97. The van der Waals surface area contributed by atoms with Crippen LogP contribution in [0.25, 0.3) is 0 Å². The second kappa shape index (κ2) is 8.53. The van der Waals surface area contributed by atoms with E-state index in [0.717, 1.165) is 17.7 Å². The van der Waals surface area contributed by atoms with Gasteiger partial charge in [0.1, 0.15) is 5.75 Å². The fourth-order valence-electron chi connectivity index (χ4n) is 1.91. The molecule has 1 aromatic carbocycles. The van der Waals surface area contributed by atoms with Crippen LogP contribution in [-0.2, 0) is 11.2 Å². The maximum absolute atomic E-state index is 12.0. The van der Waals surface area contributed by atoms with Crippen molar-refractivity contribution in [2.45, 2.75) is 26.7 Å². The normalized spacial score (nSPS) is 11.9. The average molecular weight is 264 g/mol. The lowest BCUT2D eigenvalue weighted by Gasteiger charge is -2.17. The molecule has 1 unspecified atom stereocenters. The summed E-state index contributed by atoms with van der Waals surface area (Å²) in [6.45, 7) is 5.64. The molecule has 0 bridgehead atoms. The molecule has 106 valence electrons. The van der Waals surface area contributed by atoms with Crippen LogP contribution in [-0.4, -0.2) is 25.6 Å². The number of nitrogens with two attached hydrogens (primary N) is 1. The van der Waals surface area contributed by atoms with E-state index in [4.69, 9.17) is 10.5 Å². The summed E-state index contributed by atoms with van der Waals surface area (Å²) in [7, 11) is 0. The Morgan fingerprint density at radius 1 is 1.37 bits per heavy atom. The van der Waals surface area contributed by atoms with Gasteiger partial charge >= 0.3 is 0 Å². The van der Waals surface area contributed by atoms with E-state index in [1.165, 1.54) is 0 Å². The molecular formula is C15H24N2O2. The standard InChI is InChI=1S/C15H24N2O2/c1-3-9-17-15(18)13(11-16)10-12-7-5-6-8-14(12)19-4-2/h5-8,13H,3-4,9-11,16H2,1-2H3,(H,17,18). The molecule has 0 aromatic heterocycles. The summed E-state index contributed by atoms with van der Waals surface area (Å²) in [6, 6.07) is 7.80. The largest absolute Gasteiger partial charge is 0.494 e. The Bertz CT molecular complexity index is 393. The predicted molar refractivity (Wildman–Crippen MR) is 77.2 cm³/mol. The number of carbonyl (C=O) groups is 1. The summed E-state index contributed by atoms with van der Waals surface area (Å²) in [6.07, 6.45) is 1.54. The van der Waals surface area contributed by atoms with Crippen molar-refractivity contribution in [3.05, 3.63) is 29.8 Å². The van der Waals surface area contributed by atoms with Gasteiger partial charge in [0.15, 0.2) is 0 Å². The summed E-state index contributed by atoms with van der Waals surface area (Å²) in [5.74, 6) is 0.663. The van der Waals surface area contributed by atoms with Crippen molar-refractivity contribution in [3.8, 4) is 5.75 Å². The highest BCUT2D eigenvalue weighted by molar-refractivity contribution is 5.79. The van der Waals surface area contributed by atoms with E-state index < -0.39 is 0 Å². The number of nitrogens with one attached hydrogen (secondary N) is 1. The van der Waals surface area contributed by atoms with Gasteiger partial charge in [-0.3, -0.25) is 4.79 Å². The van der Waals surface area contributed by atoms with Crippen LogP contribution < -0.4 is 15.8 Å². The second-order valence-corrected chi connectivity index (χ2v) is 4.47. The third-order valence-electron chi connectivity index (χ3n) is 2.94. The topological polar surface area (TPSA) is 64.4 Å². The number of amides is 1. The zero-order valence-corrected chi connectivity index (χ0v) is 11.8. The highest BCUT2D eigenvalue weighted by Gasteiger charge is 2.18. The molecule has 0 aliphatic rings. The average Bonchev–Trinajstić information content (AvgIpc) is 2.44. The first kappa shape index (κ1) is 15.5. The number of hydrogen-bond acceptors (Lipinski definition) is 3. The van der Waals surface area contributed by atoms with Crippen molar-refractivity contribution in [1.29, 1.82) is 0 Å². The van der Waals surface area contributed by atoms with Crippen molar-refractivity contribution in [3.63, 3.8) is 0 Å². The van der Waals surface area contributed by atoms with E-state index in [-0.39, 0.29) is 11.8 Å². The molecule has 0 heterocycles. The maximum atomic E-state index is 12.0. The lowest BCUT2D eigenvalue weighted by atomic mass is 9.98. The molecule has 4 heteroatoms. The van der Waals surface area contributed by atoms with Gasteiger partial charge in [-0.05, 0) is 31.4 Å². The van der Waals surface area contributed by atoms with Gasteiger partial charge in [0, 0.05) is 13.1 Å². The molecule has 0 saturated heterocycles. The second-order valence-electron chi connectivity index (χ2n) is 4.47. The number of rotatable bonds is 8. The van der Waals surface area contributed by atoms with Crippen molar-refractivity contribution < 1.29 is 9.53 Å². The van der Waals surface area contributed by atoms with Crippen LogP contribution in [0.1, 0.15) is 25.8 Å². The molecule has 0 aliphatic carbocycles. The molecule has 0 fully saturated rings. The molecule has 1 rings (SSSR count). The SMILES string of the molecule is CCCNC(=O)C(CN)Cc1ccccc1OCC. The van der Waals surface area contributed by atoms with Gasteiger partial charge in [-0.1, -0.05) is 25.1 Å². The van der Waals surface area contributed by atoms with Gasteiger partial charge in [0.25, 0.3) is 0 Å². The monoisotopic (exact) mass is 264 g/mol. The number of benzene rings is 1. The number of hydrogen-bond donors (Lipinski definition) is 2. The van der Waals surface area contributed by atoms with E-state index in [1.807, 2.05) is 38.1 Å². The van der Waals surface area contributed by atoms with Crippen molar-refractivity contribution >= 4 is 5.91 Å².